The molecule has 1 aliphatic rings. The van der Waals surface area contributed by atoms with E-state index in [9.17, 15) is 4.79 Å². The molecule has 4 heteroatoms. The van der Waals surface area contributed by atoms with Gasteiger partial charge in [0.2, 0.25) is 0 Å². The smallest absolute Gasteiger partial charge is 0.251 e. The fourth-order valence-corrected chi connectivity index (χ4v) is 2.92. The van der Waals surface area contributed by atoms with Gasteiger partial charge in [0.1, 0.15) is 0 Å². The van der Waals surface area contributed by atoms with Crippen molar-refractivity contribution in [3.8, 4) is 0 Å². The van der Waals surface area contributed by atoms with Gasteiger partial charge in [-0.15, -0.1) is 0 Å². The van der Waals surface area contributed by atoms with E-state index in [2.05, 4.69) is 17.6 Å². The normalized spacial score (nSPS) is 21.4. The van der Waals surface area contributed by atoms with E-state index in [1.165, 1.54) is 0 Å². The van der Waals surface area contributed by atoms with Crippen molar-refractivity contribution in [2.24, 2.45) is 5.92 Å². The summed E-state index contributed by atoms with van der Waals surface area (Å²) in [5, 5.41) is 6.21. The van der Waals surface area contributed by atoms with Gasteiger partial charge in [0.05, 0.1) is 6.10 Å². The molecule has 1 amide bonds. The lowest BCUT2D eigenvalue weighted by atomic mass is 9.99. The molecule has 1 heterocycles. The predicted molar refractivity (Wildman–Crippen MR) is 84.5 cm³/mol. The SMILES string of the molecule is CCC1OCCC1CNC(=O)c1ccccc1CCNC. The molecule has 2 unspecified atom stereocenters. The van der Waals surface area contributed by atoms with Gasteiger partial charge in [0.15, 0.2) is 0 Å². The van der Waals surface area contributed by atoms with Crippen LogP contribution in [0.25, 0.3) is 0 Å². The summed E-state index contributed by atoms with van der Waals surface area (Å²) in [4.78, 5) is 12.4. The fraction of sp³-hybridized carbons (Fsp3) is 0.588. The Labute approximate surface area is 127 Å². The first kappa shape index (κ1) is 16.0. The van der Waals surface area contributed by atoms with Crippen LogP contribution in [0.4, 0.5) is 0 Å². The summed E-state index contributed by atoms with van der Waals surface area (Å²) in [6.07, 6.45) is 3.22. The third-order valence-electron chi connectivity index (χ3n) is 4.18. The lowest BCUT2D eigenvalue weighted by molar-refractivity contribution is 0.0826. The number of benzene rings is 1. The Morgan fingerprint density at radius 1 is 1.38 bits per heavy atom. The van der Waals surface area contributed by atoms with Gasteiger partial charge < -0.3 is 15.4 Å². The van der Waals surface area contributed by atoms with E-state index in [0.29, 0.717) is 18.6 Å². The minimum Gasteiger partial charge on any atom is -0.378 e. The first-order valence-electron chi connectivity index (χ1n) is 7.88. The van der Waals surface area contributed by atoms with E-state index < -0.39 is 0 Å². The van der Waals surface area contributed by atoms with E-state index in [1.807, 2.05) is 31.3 Å². The fourth-order valence-electron chi connectivity index (χ4n) is 2.92. The Bertz CT molecular complexity index is 462. The van der Waals surface area contributed by atoms with E-state index >= 15 is 0 Å². The zero-order chi connectivity index (χ0) is 15.1. The Morgan fingerprint density at radius 2 is 2.19 bits per heavy atom. The van der Waals surface area contributed by atoms with Crippen LogP contribution in [0.3, 0.4) is 0 Å². The van der Waals surface area contributed by atoms with Gasteiger partial charge in [-0.25, -0.2) is 0 Å². The molecule has 1 aromatic rings. The Kier molecular flexibility index (Phi) is 6.21. The molecule has 0 bridgehead atoms. The molecule has 4 nitrogen and oxygen atoms in total. The Balaban J connectivity index is 1.94. The molecular formula is C17H26N2O2. The number of nitrogens with one attached hydrogen (secondary N) is 2. The number of carbonyl (C=O) groups excluding carboxylic acids is 1. The van der Waals surface area contributed by atoms with Gasteiger partial charge in [-0.05, 0) is 44.5 Å². The van der Waals surface area contributed by atoms with E-state index in [-0.39, 0.29) is 5.91 Å². The number of amides is 1. The maximum absolute atomic E-state index is 12.4. The predicted octanol–water partition coefficient (Wildman–Crippen LogP) is 1.99. The van der Waals surface area contributed by atoms with Crippen molar-refractivity contribution in [3.63, 3.8) is 0 Å². The van der Waals surface area contributed by atoms with Gasteiger partial charge in [0.25, 0.3) is 5.91 Å². The van der Waals surface area contributed by atoms with E-state index in [0.717, 1.165) is 43.5 Å². The van der Waals surface area contributed by atoms with Gasteiger partial charge in [-0.1, -0.05) is 25.1 Å². The number of ether oxygens (including phenoxy) is 1. The molecule has 1 fully saturated rings. The second kappa shape index (κ2) is 8.15. The van der Waals surface area contributed by atoms with Crippen molar-refractivity contribution in [1.82, 2.24) is 10.6 Å². The molecule has 0 aromatic heterocycles. The van der Waals surface area contributed by atoms with Crippen molar-refractivity contribution in [2.45, 2.75) is 32.3 Å². The highest BCUT2D eigenvalue weighted by Crippen LogP contribution is 2.22. The Morgan fingerprint density at radius 3 is 2.95 bits per heavy atom. The third-order valence-corrected chi connectivity index (χ3v) is 4.18. The van der Waals surface area contributed by atoms with Crippen LogP contribution in [0.15, 0.2) is 24.3 Å². The average Bonchev–Trinajstić information content (AvgIpc) is 2.98. The highest BCUT2D eigenvalue weighted by atomic mass is 16.5. The molecule has 21 heavy (non-hydrogen) atoms. The highest BCUT2D eigenvalue weighted by Gasteiger charge is 2.27. The molecule has 2 N–H and O–H groups in total. The molecule has 2 atom stereocenters. The number of hydrogen-bond donors (Lipinski definition) is 2. The van der Waals surface area contributed by atoms with Crippen molar-refractivity contribution >= 4 is 5.91 Å². The molecule has 0 spiro atoms. The number of rotatable bonds is 7. The molecule has 1 aliphatic heterocycles. The Hall–Kier alpha value is -1.39. The van der Waals surface area contributed by atoms with Gasteiger partial charge in [0, 0.05) is 24.6 Å². The summed E-state index contributed by atoms with van der Waals surface area (Å²) in [6.45, 7) is 4.53. The first-order chi connectivity index (χ1) is 10.3. The minimum absolute atomic E-state index is 0.0310. The molecule has 0 saturated carbocycles. The third kappa shape index (κ3) is 4.29. The maximum atomic E-state index is 12.4. The van der Waals surface area contributed by atoms with E-state index in [4.69, 9.17) is 4.74 Å². The number of likely N-dealkylation sites (N-methyl/N-ethyl adjacent to an activating group) is 1. The standard InChI is InChI=1S/C17H26N2O2/c1-3-16-14(9-11-21-16)12-19-17(20)15-7-5-4-6-13(15)8-10-18-2/h4-7,14,16,18H,3,8-12H2,1-2H3,(H,19,20). The summed E-state index contributed by atoms with van der Waals surface area (Å²) in [7, 11) is 1.92. The molecule has 0 radical (unpaired) electrons. The summed E-state index contributed by atoms with van der Waals surface area (Å²) in [5.74, 6) is 0.479. The minimum atomic E-state index is 0.0310. The summed E-state index contributed by atoms with van der Waals surface area (Å²) in [5.41, 5.74) is 1.89. The molecule has 1 saturated heterocycles. The lowest BCUT2D eigenvalue weighted by Crippen LogP contribution is -2.33. The van der Waals surface area contributed by atoms with Gasteiger partial charge in [-0.3, -0.25) is 4.79 Å². The van der Waals surface area contributed by atoms with Crippen LogP contribution in [0, 0.1) is 5.92 Å². The number of carbonyl (C=O) groups is 1. The van der Waals surface area contributed by atoms with Crippen LogP contribution in [0.2, 0.25) is 0 Å². The topological polar surface area (TPSA) is 50.4 Å². The van der Waals surface area contributed by atoms with E-state index in [1.54, 1.807) is 0 Å². The molecule has 2 rings (SSSR count). The van der Waals surface area contributed by atoms with Crippen LogP contribution in [-0.2, 0) is 11.2 Å². The second-order valence-electron chi connectivity index (χ2n) is 5.59. The summed E-state index contributed by atoms with van der Waals surface area (Å²) < 4.78 is 5.67. The zero-order valence-electron chi connectivity index (χ0n) is 13.0. The highest BCUT2D eigenvalue weighted by molar-refractivity contribution is 5.95. The van der Waals surface area contributed by atoms with Crippen molar-refractivity contribution < 1.29 is 9.53 Å². The van der Waals surface area contributed by atoms with Gasteiger partial charge in [-0.2, -0.15) is 0 Å². The summed E-state index contributed by atoms with van der Waals surface area (Å²) in [6, 6.07) is 7.84. The molecule has 0 aliphatic carbocycles. The van der Waals surface area contributed by atoms with Crippen LogP contribution >= 0.6 is 0 Å². The average molecular weight is 290 g/mol. The van der Waals surface area contributed by atoms with Crippen LogP contribution < -0.4 is 10.6 Å². The monoisotopic (exact) mass is 290 g/mol. The summed E-state index contributed by atoms with van der Waals surface area (Å²) >= 11 is 0. The molecular weight excluding hydrogens is 264 g/mol. The van der Waals surface area contributed by atoms with Crippen molar-refractivity contribution in [2.75, 3.05) is 26.7 Å². The van der Waals surface area contributed by atoms with Crippen molar-refractivity contribution in [1.29, 1.82) is 0 Å². The zero-order valence-corrected chi connectivity index (χ0v) is 13.0. The second-order valence-corrected chi connectivity index (χ2v) is 5.59. The molecule has 1 aromatic carbocycles. The quantitative estimate of drug-likeness (QED) is 0.807. The number of hydrogen-bond acceptors (Lipinski definition) is 3. The molecule has 116 valence electrons. The lowest BCUT2D eigenvalue weighted by Gasteiger charge is -2.18. The van der Waals surface area contributed by atoms with Crippen LogP contribution in [0.5, 0.6) is 0 Å². The van der Waals surface area contributed by atoms with Crippen LogP contribution in [-0.4, -0.2) is 38.8 Å². The van der Waals surface area contributed by atoms with Crippen LogP contribution in [0.1, 0.15) is 35.7 Å². The van der Waals surface area contributed by atoms with Crippen molar-refractivity contribution in [3.05, 3.63) is 35.4 Å². The largest absolute Gasteiger partial charge is 0.378 e. The first-order valence-corrected chi connectivity index (χ1v) is 7.88. The maximum Gasteiger partial charge on any atom is 0.251 e. The van der Waals surface area contributed by atoms with Gasteiger partial charge >= 0.3 is 0 Å².